The maximum atomic E-state index is 12.1. The summed E-state index contributed by atoms with van der Waals surface area (Å²) in [7, 11) is 1.37. The van der Waals surface area contributed by atoms with Crippen LogP contribution in [0.5, 0.6) is 5.75 Å². The Morgan fingerprint density at radius 3 is 2.83 bits per heavy atom. The van der Waals surface area contributed by atoms with Crippen LogP contribution < -0.4 is 15.8 Å². The van der Waals surface area contributed by atoms with Crippen LogP contribution in [-0.4, -0.2) is 37.2 Å². The summed E-state index contributed by atoms with van der Waals surface area (Å²) in [6, 6.07) is 3.98. The Labute approximate surface area is 134 Å². The van der Waals surface area contributed by atoms with Crippen LogP contribution in [0.1, 0.15) is 18.4 Å². The van der Waals surface area contributed by atoms with Gasteiger partial charge in [-0.25, -0.2) is 0 Å². The van der Waals surface area contributed by atoms with E-state index in [0.29, 0.717) is 18.8 Å². The molecule has 0 radical (unpaired) electrons. The molecule has 1 saturated heterocycles. The standard InChI is InChI=1S/C15H21N3O5/c1-22-13-3-2-10(8-12(13)18(20)21)9-17-15(19)14(16)11-4-6-23-7-5-11/h2-3,8,11,14H,4-7,9,16H2,1H3,(H,17,19). The molecule has 1 heterocycles. The minimum atomic E-state index is -0.591. The van der Waals surface area contributed by atoms with Crippen molar-refractivity contribution in [2.24, 2.45) is 11.7 Å². The highest BCUT2D eigenvalue weighted by molar-refractivity contribution is 5.81. The van der Waals surface area contributed by atoms with Crippen LogP contribution in [0.25, 0.3) is 0 Å². The molecule has 0 bridgehead atoms. The van der Waals surface area contributed by atoms with Gasteiger partial charge in [-0.1, -0.05) is 6.07 Å². The zero-order valence-corrected chi connectivity index (χ0v) is 13.0. The fourth-order valence-electron chi connectivity index (χ4n) is 2.58. The summed E-state index contributed by atoms with van der Waals surface area (Å²) in [5, 5.41) is 13.7. The van der Waals surface area contributed by atoms with Gasteiger partial charge in [0, 0.05) is 25.8 Å². The second kappa shape index (κ2) is 7.89. The topological polar surface area (TPSA) is 117 Å². The number of nitro groups is 1. The van der Waals surface area contributed by atoms with Gasteiger partial charge in [-0.2, -0.15) is 0 Å². The average molecular weight is 323 g/mol. The SMILES string of the molecule is COc1ccc(CNC(=O)C(N)C2CCOCC2)cc1[N+](=O)[O-]. The number of hydrogen-bond acceptors (Lipinski definition) is 6. The number of carbonyl (C=O) groups excluding carboxylic acids is 1. The highest BCUT2D eigenvalue weighted by Crippen LogP contribution is 2.27. The Hall–Kier alpha value is -2.19. The molecule has 0 spiro atoms. The van der Waals surface area contributed by atoms with E-state index in [0.717, 1.165) is 12.8 Å². The van der Waals surface area contributed by atoms with Gasteiger partial charge in [-0.3, -0.25) is 14.9 Å². The molecule has 1 aliphatic heterocycles. The second-order valence-corrected chi connectivity index (χ2v) is 5.46. The second-order valence-electron chi connectivity index (χ2n) is 5.46. The summed E-state index contributed by atoms with van der Waals surface area (Å²) >= 11 is 0. The Morgan fingerprint density at radius 1 is 1.52 bits per heavy atom. The number of nitrogens with zero attached hydrogens (tertiary/aromatic N) is 1. The minimum absolute atomic E-state index is 0.106. The number of benzene rings is 1. The molecule has 126 valence electrons. The molecule has 0 aliphatic carbocycles. The predicted molar refractivity (Wildman–Crippen MR) is 83.0 cm³/mol. The number of nitrogens with one attached hydrogen (secondary N) is 1. The van der Waals surface area contributed by atoms with E-state index in [2.05, 4.69) is 5.32 Å². The van der Waals surface area contributed by atoms with Gasteiger partial charge in [0.05, 0.1) is 18.1 Å². The van der Waals surface area contributed by atoms with Gasteiger partial charge in [-0.05, 0) is 30.4 Å². The van der Waals surface area contributed by atoms with Crippen LogP contribution in [0.4, 0.5) is 5.69 Å². The summed E-state index contributed by atoms with van der Waals surface area (Å²) < 4.78 is 10.2. The third-order valence-electron chi connectivity index (χ3n) is 3.98. The van der Waals surface area contributed by atoms with E-state index in [1.807, 2.05) is 0 Å². The Morgan fingerprint density at radius 2 is 2.22 bits per heavy atom. The molecule has 1 aromatic rings. The number of hydrogen-bond donors (Lipinski definition) is 2. The van der Waals surface area contributed by atoms with Crippen molar-refractivity contribution in [3.05, 3.63) is 33.9 Å². The summed E-state index contributed by atoms with van der Waals surface area (Å²) in [6.07, 6.45) is 1.53. The molecule has 1 amide bonds. The first-order chi connectivity index (χ1) is 11.0. The number of nitro benzene ring substituents is 1. The van der Waals surface area contributed by atoms with Crippen molar-refractivity contribution in [2.45, 2.75) is 25.4 Å². The molecule has 0 aromatic heterocycles. The third kappa shape index (κ3) is 4.40. The summed E-state index contributed by atoms with van der Waals surface area (Å²) in [6.45, 7) is 1.42. The van der Waals surface area contributed by atoms with E-state index in [4.69, 9.17) is 15.2 Å². The summed E-state index contributed by atoms with van der Waals surface area (Å²) in [5.74, 6) is 0.0355. The lowest BCUT2D eigenvalue weighted by atomic mass is 9.92. The quantitative estimate of drug-likeness (QED) is 0.595. The molecule has 0 saturated carbocycles. The minimum Gasteiger partial charge on any atom is -0.490 e. The normalized spacial score (nSPS) is 16.6. The molecule has 3 N–H and O–H groups in total. The van der Waals surface area contributed by atoms with Crippen molar-refractivity contribution in [3.63, 3.8) is 0 Å². The predicted octanol–water partition coefficient (Wildman–Crippen LogP) is 0.973. The van der Waals surface area contributed by atoms with Crippen LogP contribution in [-0.2, 0) is 16.1 Å². The van der Waals surface area contributed by atoms with E-state index in [1.54, 1.807) is 6.07 Å². The lowest BCUT2D eigenvalue weighted by Crippen LogP contribution is -2.46. The first-order valence-electron chi connectivity index (χ1n) is 7.45. The highest BCUT2D eigenvalue weighted by atomic mass is 16.6. The van der Waals surface area contributed by atoms with Gasteiger partial charge in [0.15, 0.2) is 5.75 Å². The van der Waals surface area contributed by atoms with Gasteiger partial charge in [0.25, 0.3) is 0 Å². The van der Waals surface area contributed by atoms with Gasteiger partial charge in [0.2, 0.25) is 5.91 Å². The fourth-order valence-corrected chi connectivity index (χ4v) is 2.58. The molecule has 8 nitrogen and oxygen atoms in total. The van der Waals surface area contributed by atoms with E-state index in [9.17, 15) is 14.9 Å². The van der Waals surface area contributed by atoms with E-state index < -0.39 is 11.0 Å². The van der Waals surface area contributed by atoms with Crippen LogP contribution in [0.2, 0.25) is 0 Å². The number of methoxy groups -OCH3 is 1. The highest BCUT2D eigenvalue weighted by Gasteiger charge is 2.26. The van der Waals surface area contributed by atoms with Crippen molar-refractivity contribution < 1.29 is 19.2 Å². The van der Waals surface area contributed by atoms with Crippen molar-refractivity contribution in [1.82, 2.24) is 5.32 Å². The molecule has 1 aromatic carbocycles. The molecule has 23 heavy (non-hydrogen) atoms. The maximum absolute atomic E-state index is 12.1. The maximum Gasteiger partial charge on any atom is 0.311 e. The van der Waals surface area contributed by atoms with Crippen LogP contribution >= 0.6 is 0 Å². The summed E-state index contributed by atoms with van der Waals surface area (Å²) in [5.41, 5.74) is 6.47. The number of nitrogens with two attached hydrogens (primary N) is 1. The third-order valence-corrected chi connectivity index (χ3v) is 3.98. The van der Waals surface area contributed by atoms with Gasteiger partial charge >= 0.3 is 5.69 Å². The number of carbonyl (C=O) groups is 1. The van der Waals surface area contributed by atoms with Crippen LogP contribution in [0.15, 0.2) is 18.2 Å². The van der Waals surface area contributed by atoms with Crippen molar-refractivity contribution >= 4 is 11.6 Å². The molecule has 1 aliphatic rings. The largest absolute Gasteiger partial charge is 0.490 e. The van der Waals surface area contributed by atoms with E-state index >= 15 is 0 Å². The van der Waals surface area contributed by atoms with Crippen molar-refractivity contribution in [1.29, 1.82) is 0 Å². The Balaban J connectivity index is 1.95. The smallest absolute Gasteiger partial charge is 0.311 e. The number of rotatable bonds is 6. The van der Waals surface area contributed by atoms with Crippen molar-refractivity contribution in [3.8, 4) is 5.75 Å². The van der Waals surface area contributed by atoms with Crippen LogP contribution in [0, 0.1) is 16.0 Å². The van der Waals surface area contributed by atoms with Gasteiger partial charge in [-0.15, -0.1) is 0 Å². The molecule has 1 unspecified atom stereocenters. The molecule has 2 rings (SSSR count). The lowest BCUT2D eigenvalue weighted by molar-refractivity contribution is -0.385. The zero-order valence-electron chi connectivity index (χ0n) is 13.0. The molecule has 1 atom stereocenters. The first kappa shape index (κ1) is 17.2. The fraction of sp³-hybridized carbons (Fsp3) is 0.533. The average Bonchev–Trinajstić information content (AvgIpc) is 2.59. The van der Waals surface area contributed by atoms with E-state index in [1.165, 1.54) is 19.2 Å². The Kier molecular flexibility index (Phi) is 5.89. The summed E-state index contributed by atoms with van der Waals surface area (Å²) in [4.78, 5) is 22.6. The monoisotopic (exact) mass is 323 g/mol. The van der Waals surface area contributed by atoms with Crippen LogP contribution in [0.3, 0.4) is 0 Å². The van der Waals surface area contributed by atoms with Gasteiger partial charge < -0.3 is 20.5 Å². The molecule has 1 fully saturated rings. The first-order valence-corrected chi connectivity index (χ1v) is 7.45. The van der Waals surface area contributed by atoms with Crippen molar-refractivity contribution in [2.75, 3.05) is 20.3 Å². The Bertz CT molecular complexity index is 572. The lowest BCUT2D eigenvalue weighted by Gasteiger charge is -2.26. The number of amides is 1. The molecular weight excluding hydrogens is 302 g/mol. The molecular formula is C15H21N3O5. The number of ether oxygens (including phenoxy) is 2. The zero-order chi connectivity index (χ0) is 16.8. The molecule has 8 heteroatoms. The van der Waals surface area contributed by atoms with E-state index in [-0.39, 0.29) is 29.8 Å². The van der Waals surface area contributed by atoms with Gasteiger partial charge in [0.1, 0.15) is 0 Å².